The van der Waals surface area contributed by atoms with Crippen molar-refractivity contribution in [1.82, 2.24) is 4.72 Å². The van der Waals surface area contributed by atoms with Gasteiger partial charge in [0.15, 0.2) is 0 Å². The zero-order chi connectivity index (χ0) is 18.0. The molecule has 0 atom stereocenters. The summed E-state index contributed by atoms with van der Waals surface area (Å²) in [7, 11) is -3.54. The molecule has 0 fully saturated rings. The minimum Gasteiger partial charge on any atom is -0.475 e. The molecule has 25 heavy (non-hydrogen) atoms. The Kier molecular flexibility index (Phi) is 4.61. The summed E-state index contributed by atoms with van der Waals surface area (Å²) in [5.41, 5.74) is 2.37. The van der Waals surface area contributed by atoms with Crippen LogP contribution in [0.4, 0.5) is 0 Å². The van der Waals surface area contributed by atoms with E-state index in [1.165, 1.54) is 6.07 Å². The third-order valence-corrected chi connectivity index (χ3v) is 5.31. The first-order chi connectivity index (χ1) is 11.8. The number of carboxylic acids is 1. The number of rotatable bonds is 6. The molecule has 2 N–H and O–H groups in total. The van der Waals surface area contributed by atoms with Crippen LogP contribution >= 0.6 is 0 Å². The first-order valence-electron chi connectivity index (χ1n) is 7.67. The number of aromatic carboxylic acids is 1. The van der Waals surface area contributed by atoms with Crippen LogP contribution in [-0.4, -0.2) is 26.0 Å². The first-order valence-corrected chi connectivity index (χ1v) is 9.15. The SMILES string of the molecule is Cc1ccc(S(=O)(=O)NCCc2ccc3oc(C(=O)O)cc3c2)cc1. The largest absolute Gasteiger partial charge is 0.475 e. The average Bonchev–Trinajstić information content (AvgIpc) is 2.99. The highest BCUT2D eigenvalue weighted by Gasteiger charge is 2.13. The highest BCUT2D eigenvalue weighted by Crippen LogP contribution is 2.21. The molecule has 0 radical (unpaired) electrons. The van der Waals surface area contributed by atoms with Crippen molar-refractivity contribution in [2.75, 3.05) is 6.54 Å². The van der Waals surface area contributed by atoms with Gasteiger partial charge in [-0.2, -0.15) is 0 Å². The molecule has 2 aromatic carbocycles. The summed E-state index contributed by atoms with van der Waals surface area (Å²) in [5.74, 6) is -1.24. The van der Waals surface area contributed by atoms with E-state index in [-0.39, 0.29) is 17.2 Å². The molecule has 1 aromatic heterocycles. The molecule has 130 valence electrons. The molecule has 0 bridgehead atoms. The van der Waals surface area contributed by atoms with Crippen molar-refractivity contribution in [3.63, 3.8) is 0 Å². The molecular formula is C18H17NO5S. The fraction of sp³-hybridized carbons (Fsp3) is 0.167. The van der Waals surface area contributed by atoms with Gasteiger partial charge >= 0.3 is 5.97 Å². The molecule has 0 aliphatic rings. The molecule has 0 unspecified atom stereocenters. The van der Waals surface area contributed by atoms with Crippen LogP contribution in [0.25, 0.3) is 11.0 Å². The molecule has 0 amide bonds. The average molecular weight is 359 g/mol. The minimum atomic E-state index is -3.54. The first kappa shape index (κ1) is 17.2. The van der Waals surface area contributed by atoms with E-state index in [4.69, 9.17) is 9.52 Å². The Balaban J connectivity index is 1.68. The van der Waals surface area contributed by atoms with Crippen LogP contribution in [0.3, 0.4) is 0 Å². The van der Waals surface area contributed by atoms with Gasteiger partial charge in [0.05, 0.1) is 4.90 Å². The van der Waals surface area contributed by atoms with Gasteiger partial charge in [0, 0.05) is 11.9 Å². The van der Waals surface area contributed by atoms with Crippen molar-refractivity contribution >= 4 is 27.0 Å². The highest BCUT2D eigenvalue weighted by molar-refractivity contribution is 7.89. The summed E-state index contributed by atoms with van der Waals surface area (Å²) in [6, 6.07) is 13.4. The van der Waals surface area contributed by atoms with E-state index in [1.807, 2.05) is 6.92 Å². The maximum absolute atomic E-state index is 12.2. The standard InChI is InChI=1S/C18H17NO5S/c1-12-2-5-15(6-3-12)25(22,23)19-9-8-13-4-7-16-14(10-13)11-17(24-16)18(20)21/h2-7,10-11,19H,8-9H2,1H3,(H,20,21). The molecule has 0 aliphatic heterocycles. The van der Waals surface area contributed by atoms with Crippen LogP contribution < -0.4 is 4.72 Å². The van der Waals surface area contributed by atoms with Crippen molar-refractivity contribution in [3.8, 4) is 0 Å². The van der Waals surface area contributed by atoms with Crippen LogP contribution in [0.5, 0.6) is 0 Å². The van der Waals surface area contributed by atoms with Crippen LogP contribution in [0, 0.1) is 6.92 Å². The van der Waals surface area contributed by atoms with Crippen LogP contribution in [0.2, 0.25) is 0 Å². The molecule has 3 rings (SSSR count). The summed E-state index contributed by atoms with van der Waals surface area (Å²) in [6.07, 6.45) is 0.481. The molecule has 7 heteroatoms. The fourth-order valence-corrected chi connectivity index (χ4v) is 3.52. The van der Waals surface area contributed by atoms with Gasteiger partial charge in [-0.05, 0) is 49.2 Å². The lowest BCUT2D eigenvalue weighted by atomic mass is 10.1. The highest BCUT2D eigenvalue weighted by atomic mass is 32.2. The monoisotopic (exact) mass is 359 g/mol. The Hall–Kier alpha value is -2.64. The quantitative estimate of drug-likeness (QED) is 0.705. The van der Waals surface area contributed by atoms with Gasteiger partial charge in [0.1, 0.15) is 5.58 Å². The maximum atomic E-state index is 12.2. The topological polar surface area (TPSA) is 96.6 Å². The second-order valence-corrected chi connectivity index (χ2v) is 7.52. The number of benzene rings is 2. The molecule has 3 aromatic rings. The molecule has 0 spiro atoms. The second kappa shape index (κ2) is 6.70. The number of hydrogen-bond acceptors (Lipinski definition) is 4. The lowest BCUT2D eigenvalue weighted by Gasteiger charge is -2.07. The van der Waals surface area contributed by atoms with E-state index >= 15 is 0 Å². The molecule has 1 heterocycles. The van der Waals surface area contributed by atoms with E-state index in [2.05, 4.69) is 4.72 Å². The number of aryl methyl sites for hydroxylation is 1. The van der Waals surface area contributed by atoms with E-state index in [0.29, 0.717) is 17.4 Å². The van der Waals surface area contributed by atoms with Crippen molar-refractivity contribution in [2.24, 2.45) is 0 Å². The van der Waals surface area contributed by atoms with E-state index in [0.717, 1.165) is 11.1 Å². The Bertz CT molecular complexity index is 1020. The number of furan rings is 1. The fourth-order valence-electron chi connectivity index (χ4n) is 2.48. The number of carboxylic acid groups (broad SMARTS) is 1. The van der Waals surface area contributed by atoms with Crippen molar-refractivity contribution in [1.29, 1.82) is 0 Å². The number of fused-ring (bicyclic) bond motifs is 1. The number of hydrogen-bond donors (Lipinski definition) is 2. The molecule has 0 aliphatic carbocycles. The Morgan fingerprint density at radius 2 is 1.84 bits per heavy atom. The lowest BCUT2D eigenvalue weighted by Crippen LogP contribution is -2.25. The van der Waals surface area contributed by atoms with Gasteiger partial charge in [0.25, 0.3) is 0 Å². The molecule has 0 saturated carbocycles. The van der Waals surface area contributed by atoms with Gasteiger partial charge in [-0.3, -0.25) is 0 Å². The lowest BCUT2D eigenvalue weighted by molar-refractivity contribution is 0.0665. The Morgan fingerprint density at radius 3 is 2.52 bits per heavy atom. The van der Waals surface area contributed by atoms with Gasteiger partial charge in [0.2, 0.25) is 15.8 Å². The van der Waals surface area contributed by atoms with Gasteiger partial charge < -0.3 is 9.52 Å². The van der Waals surface area contributed by atoms with Crippen LogP contribution in [0.1, 0.15) is 21.7 Å². The van der Waals surface area contributed by atoms with E-state index < -0.39 is 16.0 Å². The van der Waals surface area contributed by atoms with Gasteiger partial charge in [-0.1, -0.05) is 23.8 Å². The number of nitrogens with one attached hydrogen (secondary N) is 1. The summed E-state index contributed by atoms with van der Waals surface area (Å²) in [6.45, 7) is 2.14. The third-order valence-electron chi connectivity index (χ3n) is 3.83. The molecular weight excluding hydrogens is 342 g/mol. The van der Waals surface area contributed by atoms with Crippen LogP contribution in [-0.2, 0) is 16.4 Å². The van der Waals surface area contributed by atoms with Gasteiger partial charge in [-0.15, -0.1) is 0 Å². The third kappa shape index (κ3) is 3.89. The van der Waals surface area contributed by atoms with E-state index in [1.54, 1.807) is 42.5 Å². The Labute approximate surface area is 145 Å². The zero-order valence-corrected chi connectivity index (χ0v) is 14.3. The van der Waals surface area contributed by atoms with E-state index in [9.17, 15) is 13.2 Å². The smallest absolute Gasteiger partial charge is 0.371 e. The summed E-state index contributed by atoms with van der Waals surface area (Å²) >= 11 is 0. The summed E-state index contributed by atoms with van der Waals surface area (Å²) < 4.78 is 32.2. The summed E-state index contributed by atoms with van der Waals surface area (Å²) in [5, 5.41) is 9.62. The van der Waals surface area contributed by atoms with Crippen molar-refractivity contribution in [2.45, 2.75) is 18.2 Å². The summed E-state index contributed by atoms with van der Waals surface area (Å²) in [4.78, 5) is 11.2. The maximum Gasteiger partial charge on any atom is 0.371 e. The normalized spacial score (nSPS) is 11.7. The number of carbonyl (C=O) groups is 1. The second-order valence-electron chi connectivity index (χ2n) is 5.75. The van der Waals surface area contributed by atoms with Gasteiger partial charge in [-0.25, -0.2) is 17.9 Å². The molecule has 0 saturated heterocycles. The van der Waals surface area contributed by atoms with Crippen molar-refractivity contribution in [3.05, 3.63) is 65.4 Å². The predicted molar refractivity (Wildman–Crippen MR) is 93.2 cm³/mol. The minimum absolute atomic E-state index is 0.118. The zero-order valence-electron chi connectivity index (χ0n) is 13.5. The van der Waals surface area contributed by atoms with Crippen LogP contribution in [0.15, 0.2) is 57.8 Å². The Morgan fingerprint density at radius 1 is 1.12 bits per heavy atom. The predicted octanol–water partition coefficient (Wildman–Crippen LogP) is 2.96. The van der Waals surface area contributed by atoms with Crippen molar-refractivity contribution < 1.29 is 22.7 Å². The molecule has 6 nitrogen and oxygen atoms in total. The number of sulfonamides is 1.